The number of nitrogens with zero attached hydrogens (tertiary/aromatic N) is 2. The molecule has 0 atom stereocenters. The van der Waals surface area contributed by atoms with Crippen molar-refractivity contribution in [1.29, 1.82) is 0 Å². The van der Waals surface area contributed by atoms with Gasteiger partial charge in [-0.2, -0.15) is 0 Å². The molecular formula is C12H8Cl2FN3OS. The van der Waals surface area contributed by atoms with Crippen LogP contribution in [-0.4, -0.2) is 22.1 Å². The van der Waals surface area contributed by atoms with Crippen LogP contribution < -0.4 is 5.32 Å². The Morgan fingerprint density at radius 3 is 2.80 bits per heavy atom. The van der Waals surface area contributed by atoms with Gasteiger partial charge in [0.15, 0.2) is 10.9 Å². The lowest BCUT2D eigenvalue weighted by atomic mass is 10.3. The standard InChI is InChI=1S/C12H8Cl2FN3OS/c1-20-12-16-5-7(14)10(18-12)11(19)17-9-3-2-6(13)4-8(9)15/h2-5H,1H3,(H,17,19). The van der Waals surface area contributed by atoms with Gasteiger partial charge >= 0.3 is 0 Å². The van der Waals surface area contributed by atoms with Crippen LogP contribution in [0.25, 0.3) is 0 Å². The molecule has 1 heterocycles. The van der Waals surface area contributed by atoms with Crippen LogP contribution in [0.5, 0.6) is 0 Å². The number of halogens is 3. The van der Waals surface area contributed by atoms with E-state index >= 15 is 0 Å². The third-order valence-corrected chi connectivity index (χ3v) is 3.37. The first-order valence-electron chi connectivity index (χ1n) is 5.34. The van der Waals surface area contributed by atoms with Gasteiger partial charge in [0.25, 0.3) is 5.91 Å². The fourth-order valence-electron chi connectivity index (χ4n) is 1.38. The van der Waals surface area contributed by atoms with Gasteiger partial charge in [-0.15, -0.1) is 0 Å². The molecule has 8 heteroatoms. The molecule has 2 aromatic rings. The molecule has 0 aliphatic carbocycles. The number of thioether (sulfide) groups is 1. The third kappa shape index (κ3) is 3.39. The number of nitrogens with one attached hydrogen (secondary N) is 1. The Bertz CT molecular complexity index is 669. The van der Waals surface area contributed by atoms with Crippen molar-refractivity contribution in [2.75, 3.05) is 11.6 Å². The predicted molar refractivity (Wildman–Crippen MR) is 78.2 cm³/mol. The lowest BCUT2D eigenvalue weighted by Gasteiger charge is -2.07. The molecule has 0 aliphatic heterocycles. The van der Waals surface area contributed by atoms with Gasteiger partial charge in [-0.1, -0.05) is 35.0 Å². The first-order chi connectivity index (χ1) is 9.51. The van der Waals surface area contributed by atoms with Crippen LogP contribution >= 0.6 is 35.0 Å². The predicted octanol–water partition coefficient (Wildman–Crippen LogP) is 3.90. The molecule has 4 nitrogen and oxygen atoms in total. The molecule has 2 rings (SSSR count). The molecule has 1 aromatic carbocycles. The van der Waals surface area contributed by atoms with Crippen molar-refractivity contribution in [3.8, 4) is 0 Å². The number of carbonyl (C=O) groups excluding carboxylic acids is 1. The summed E-state index contributed by atoms with van der Waals surface area (Å²) in [7, 11) is 0. The molecule has 0 saturated carbocycles. The van der Waals surface area contributed by atoms with Gasteiger partial charge in [0, 0.05) is 5.02 Å². The minimum absolute atomic E-state index is 0.000203. The van der Waals surface area contributed by atoms with Crippen LogP contribution in [0.15, 0.2) is 29.6 Å². The number of aromatic nitrogens is 2. The van der Waals surface area contributed by atoms with Crippen molar-refractivity contribution in [2.24, 2.45) is 0 Å². The summed E-state index contributed by atoms with van der Waals surface area (Å²) in [5.41, 5.74) is -0.0138. The lowest BCUT2D eigenvalue weighted by molar-refractivity contribution is 0.102. The molecule has 1 aromatic heterocycles. The number of amides is 1. The first-order valence-corrected chi connectivity index (χ1v) is 7.32. The fraction of sp³-hybridized carbons (Fsp3) is 0.0833. The van der Waals surface area contributed by atoms with Gasteiger partial charge in [-0.05, 0) is 24.5 Å². The maximum absolute atomic E-state index is 13.6. The SMILES string of the molecule is CSc1ncc(Cl)c(C(=O)Nc2ccc(Cl)cc2F)n1. The highest BCUT2D eigenvalue weighted by Gasteiger charge is 2.16. The maximum Gasteiger partial charge on any atom is 0.276 e. The van der Waals surface area contributed by atoms with Gasteiger partial charge in [0.1, 0.15) is 5.82 Å². The average molecular weight is 332 g/mol. The van der Waals surface area contributed by atoms with Crippen molar-refractivity contribution in [3.63, 3.8) is 0 Å². The van der Waals surface area contributed by atoms with Gasteiger partial charge < -0.3 is 5.32 Å². The zero-order chi connectivity index (χ0) is 14.7. The summed E-state index contributed by atoms with van der Waals surface area (Å²) in [6.45, 7) is 0. The Morgan fingerprint density at radius 2 is 2.15 bits per heavy atom. The highest BCUT2D eigenvalue weighted by molar-refractivity contribution is 7.98. The minimum atomic E-state index is -0.638. The number of rotatable bonds is 3. The molecule has 1 N–H and O–H groups in total. The quantitative estimate of drug-likeness (QED) is 0.684. The van der Waals surface area contributed by atoms with E-state index in [4.69, 9.17) is 23.2 Å². The van der Waals surface area contributed by atoms with E-state index < -0.39 is 11.7 Å². The number of hydrogen-bond acceptors (Lipinski definition) is 4. The van der Waals surface area contributed by atoms with Crippen molar-refractivity contribution in [3.05, 3.63) is 46.0 Å². The topological polar surface area (TPSA) is 54.9 Å². The highest BCUT2D eigenvalue weighted by atomic mass is 35.5. The molecule has 0 spiro atoms. The second-order valence-corrected chi connectivity index (χ2v) is 5.25. The average Bonchev–Trinajstić information content (AvgIpc) is 2.42. The van der Waals surface area contributed by atoms with Crippen LogP contribution in [0.1, 0.15) is 10.5 Å². The summed E-state index contributed by atoms with van der Waals surface area (Å²) in [4.78, 5) is 20.0. The summed E-state index contributed by atoms with van der Waals surface area (Å²) < 4.78 is 13.6. The lowest BCUT2D eigenvalue weighted by Crippen LogP contribution is -2.16. The normalized spacial score (nSPS) is 10.4. The molecule has 0 bridgehead atoms. The Hall–Kier alpha value is -1.37. The van der Waals surface area contributed by atoms with E-state index in [-0.39, 0.29) is 21.4 Å². The zero-order valence-electron chi connectivity index (χ0n) is 10.2. The highest BCUT2D eigenvalue weighted by Crippen LogP contribution is 2.21. The number of benzene rings is 1. The Balaban J connectivity index is 2.28. The molecule has 104 valence electrons. The van der Waals surface area contributed by atoms with Crippen molar-refractivity contribution in [2.45, 2.75) is 5.16 Å². The Labute approximate surface area is 128 Å². The van der Waals surface area contributed by atoms with Crippen molar-refractivity contribution >= 4 is 46.6 Å². The summed E-state index contributed by atoms with van der Waals surface area (Å²) in [5.74, 6) is -1.25. The van der Waals surface area contributed by atoms with Crippen LogP contribution in [0, 0.1) is 5.82 Å². The molecule has 1 amide bonds. The molecular weight excluding hydrogens is 324 g/mol. The summed E-state index contributed by atoms with van der Waals surface area (Å²) >= 11 is 12.8. The van der Waals surface area contributed by atoms with Crippen molar-refractivity contribution < 1.29 is 9.18 Å². The monoisotopic (exact) mass is 331 g/mol. The third-order valence-electron chi connectivity index (χ3n) is 2.30. The summed E-state index contributed by atoms with van der Waals surface area (Å²) in [6, 6.07) is 3.93. The van der Waals surface area contributed by atoms with Crippen LogP contribution in [0.3, 0.4) is 0 Å². The number of hydrogen-bond donors (Lipinski definition) is 1. The largest absolute Gasteiger partial charge is 0.318 e. The van der Waals surface area contributed by atoms with Crippen LogP contribution in [0.4, 0.5) is 10.1 Å². The van der Waals surface area contributed by atoms with Gasteiger partial charge in [-0.3, -0.25) is 4.79 Å². The maximum atomic E-state index is 13.6. The Kier molecular flexibility index (Phi) is 4.80. The molecule has 0 radical (unpaired) electrons. The minimum Gasteiger partial charge on any atom is -0.318 e. The Morgan fingerprint density at radius 1 is 1.40 bits per heavy atom. The fourth-order valence-corrected chi connectivity index (χ4v) is 2.06. The second-order valence-electron chi connectivity index (χ2n) is 3.63. The zero-order valence-corrected chi connectivity index (χ0v) is 12.5. The van der Waals surface area contributed by atoms with Crippen molar-refractivity contribution in [1.82, 2.24) is 9.97 Å². The van der Waals surface area contributed by atoms with E-state index in [1.54, 1.807) is 6.26 Å². The molecule has 0 saturated heterocycles. The summed E-state index contributed by atoms with van der Waals surface area (Å²) in [5, 5.41) is 3.12. The molecule has 0 fully saturated rings. The molecule has 0 aliphatic rings. The van der Waals surface area contributed by atoms with Crippen LogP contribution in [0.2, 0.25) is 10.0 Å². The number of anilines is 1. The second kappa shape index (κ2) is 6.39. The van der Waals surface area contributed by atoms with E-state index in [0.717, 1.165) is 6.07 Å². The van der Waals surface area contributed by atoms with E-state index in [0.29, 0.717) is 5.16 Å². The van der Waals surface area contributed by atoms with E-state index in [9.17, 15) is 9.18 Å². The van der Waals surface area contributed by atoms with E-state index in [1.807, 2.05) is 0 Å². The van der Waals surface area contributed by atoms with E-state index in [2.05, 4.69) is 15.3 Å². The van der Waals surface area contributed by atoms with Gasteiger partial charge in [0.2, 0.25) is 0 Å². The smallest absolute Gasteiger partial charge is 0.276 e. The molecule has 0 unspecified atom stereocenters. The first kappa shape index (κ1) is 15.0. The summed E-state index contributed by atoms with van der Waals surface area (Å²) in [6.07, 6.45) is 3.09. The molecule has 20 heavy (non-hydrogen) atoms. The van der Waals surface area contributed by atoms with Gasteiger partial charge in [0.05, 0.1) is 16.9 Å². The van der Waals surface area contributed by atoms with Crippen LogP contribution in [-0.2, 0) is 0 Å². The number of carbonyl (C=O) groups is 1. The van der Waals surface area contributed by atoms with Gasteiger partial charge in [-0.25, -0.2) is 14.4 Å². The van der Waals surface area contributed by atoms with E-state index in [1.165, 1.54) is 30.1 Å².